The molecule has 1 aromatic carbocycles. The highest BCUT2D eigenvalue weighted by Gasteiger charge is 2.29. The molecule has 0 heterocycles. The number of carbonyl (C=O) groups excluding carboxylic acids is 1. The van der Waals surface area contributed by atoms with Crippen molar-refractivity contribution >= 4 is 17.4 Å². The molecule has 1 aromatic rings. The summed E-state index contributed by atoms with van der Waals surface area (Å²) in [4.78, 5) is 23.9. The summed E-state index contributed by atoms with van der Waals surface area (Å²) in [6.07, 6.45) is 4.08. The van der Waals surface area contributed by atoms with Crippen LogP contribution in [0.15, 0.2) is 24.3 Å². The average Bonchev–Trinajstić information content (AvgIpc) is 2.54. The SMILES string of the molecule is CC(Nc1ccccc1C(=O)C1CCC(C(C)C)CC1)C(=O)O. The molecule has 126 valence electrons. The van der Waals surface area contributed by atoms with E-state index >= 15 is 0 Å². The average molecular weight is 317 g/mol. The lowest BCUT2D eigenvalue weighted by Crippen LogP contribution is -2.28. The number of aliphatic carboxylic acids is 1. The standard InChI is InChI=1S/C19H27NO3/c1-12(2)14-8-10-15(11-9-14)18(21)16-6-4-5-7-17(16)20-13(3)19(22)23/h4-7,12-15,20H,8-11H2,1-3H3,(H,22,23). The topological polar surface area (TPSA) is 66.4 Å². The van der Waals surface area contributed by atoms with Crippen LogP contribution in [-0.2, 0) is 4.79 Å². The maximum absolute atomic E-state index is 12.9. The van der Waals surface area contributed by atoms with Crippen molar-refractivity contribution in [2.24, 2.45) is 17.8 Å². The lowest BCUT2D eigenvalue weighted by molar-refractivity contribution is -0.137. The number of nitrogens with one attached hydrogen (secondary N) is 1. The van der Waals surface area contributed by atoms with Crippen LogP contribution in [-0.4, -0.2) is 22.9 Å². The van der Waals surface area contributed by atoms with E-state index in [4.69, 9.17) is 5.11 Å². The Bertz CT molecular complexity index is 559. The van der Waals surface area contributed by atoms with Crippen LogP contribution in [0, 0.1) is 17.8 Å². The van der Waals surface area contributed by atoms with E-state index in [1.807, 2.05) is 12.1 Å². The van der Waals surface area contributed by atoms with E-state index in [1.165, 1.54) is 0 Å². The third-order valence-electron chi connectivity index (χ3n) is 5.02. The van der Waals surface area contributed by atoms with Crippen LogP contribution < -0.4 is 5.32 Å². The van der Waals surface area contributed by atoms with E-state index in [9.17, 15) is 9.59 Å². The minimum Gasteiger partial charge on any atom is -0.480 e. The molecule has 0 bridgehead atoms. The molecule has 0 radical (unpaired) electrons. The maximum atomic E-state index is 12.9. The van der Waals surface area contributed by atoms with Gasteiger partial charge in [-0.05, 0) is 56.6 Å². The molecule has 0 spiro atoms. The molecule has 1 unspecified atom stereocenters. The summed E-state index contributed by atoms with van der Waals surface area (Å²) in [5, 5.41) is 12.0. The zero-order valence-corrected chi connectivity index (χ0v) is 14.2. The van der Waals surface area contributed by atoms with Crippen LogP contribution in [0.3, 0.4) is 0 Å². The van der Waals surface area contributed by atoms with Crippen molar-refractivity contribution in [1.82, 2.24) is 0 Å². The highest BCUT2D eigenvalue weighted by Crippen LogP contribution is 2.35. The molecule has 0 aliphatic heterocycles. The quantitative estimate of drug-likeness (QED) is 0.771. The second-order valence-electron chi connectivity index (χ2n) is 6.97. The molecule has 23 heavy (non-hydrogen) atoms. The fraction of sp³-hybridized carbons (Fsp3) is 0.579. The number of benzene rings is 1. The Morgan fingerprint density at radius 1 is 1.09 bits per heavy atom. The van der Waals surface area contributed by atoms with Gasteiger partial charge in [0.25, 0.3) is 0 Å². The summed E-state index contributed by atoms with van der Waals surface area (Å²) in [6, 6.07) is 6.52. The third-order valence-corrected chi connectivity index (χ3v) is 5.02. The van der Waals surface area contributed by atoms with Crippen LogP contribution in [0.5, 0.6) is 0 Å². The predicted octanol–water partition coefficient (Wildman–Crippen LogP) is 4.22. The fourth-order valence-corrected chi connectivity index (χ4v) is 3.39. The molecule has 1 fully saturated rings. The van der Waals surface area contributed by atoms with Crippen LogP contribution in [0.1, 0.15) is 56.8 Å². The van der Waals surface area contributed by atoms with E-state index in [2.05, 4.69) is 19.2 Å². The van der Waals surface area contributed by atoms with Crippen LogP contribution in [0.2, 0.25) is 0 Å². The Hall–Kier alpha value is -1.84. The van der Waals surface area contributed by atoms with E-state index in [1.54, 1.807) is 19.1 Å². The third kappa shape index (κ3) is 4.34. The van der Waals surface area contributed by atoms with Crippen molar-refractivity contribution < 1.29 is 14.7 Å². The lowest BCUT2D eigenvalue weighted by Gasteiger charge is -2.30. The van der Waals surface area contributed by atoms with Crippen molar-refractivity contribution in [3.05, 3.63) is 29.8 Å². The Labute approximate surface area is 138 Å². The minimum atomic E-state index is -0.926. The van der Waals surface area contributed by atoms with Gasteiger partial charge in [-0.3, -0.25) is 9.59 Å². The number of para-hydroxylation sites is 1. The molecule has 1 saturated carbocycles. The smallest absolute Gasteiger partial charge is 0.325 e. The Balaban J connectivity index is 2.09. The number of hydrogen-bond acceptors (Lipinski definition) is 3. The number of ketones is 1. The van der Waals surface area contributed by atoms with Crippen LogP contribution in [0.4, 0.5) is 5.69 Å². The second kappa shape index (κ2) is 7.62. The van der Waals surface area contributed by atoms with Gasteiger partial charge in [0, 0.05) is 17.2 Å². The molecule has 1 aliphatic carbocycles. The molecular weight excluding hydrogens is 290 g/mol. The van der Waals surface area contributed by atoms with E-state index in [-0.39, 0.29) is 11.7 Å². The summed E-state index contributed by atoms with van der Waals surface area (Å²) in [5.74, 6) is 0.682. The monoisotopic (exact) mass is 317 g/mol. The van der Waals surface area contributed by atoms with Gasteiger partial charge in [-0.2, -0.15) is 0 Å². The lowest BCUT2D eigenvalue weighted by atomic mass is 9.74. The van der Waals surface area contributed by atoms with E-state index in [0.717, 1.165) is 31.6 Å². The van der Waals surface area contributed by atoms with Crippen LogP contribution in [0.25, 0.3) is 0 Å². The summed E-state index contributed by atoms with van der Waals surface area (Å²) >= 11 is 0. The molecule has 0 aromatic heterocycles. The first kappa shape index (κ1) is 17.5. The van der Waals surface area contributed by atoms with Gasteiger partial charge >= 0.3 is 5.97 Å². The molecule has 4 nitrogen and oxygen atoms in total. The zero-order chi connectivity index (χ0) is 17.0. The molecule has 0 saturated heterocycles. The fourth-order valence-electron chi connectivity index (χ4n) is 3.39. The number of carbonyl (C=O) groups is 2. The Morgan fingerprint density at radius 2 is 1.70 bits per heavy atom. The van der Waals surface area contributed by atoms with Gasteiger partial charge in [-0.25, -0.2) is 0 Å². The van der Waals surface area contributed by atoms with Gasteiger partial charge in [-0.15, -0.1) is 0 Å². The number of anilines is 1. The number of carboxylic acid groups (broad SMARTS) is 1. The summed E-state index contributed by atoms with van der Waals surface area (Å²) in [5.41, 5.74) is 1.24. The van der Waals surface area contributed by atoms with Crippen molar-refractivity contribution in [3.63, 3.8) is 0 Å². The predicted molar refractivity (Wildman–Crippen MR) is 91.8 cm³/mol. The normalized spacial score (nSPS) is 22.6. The van der Waals surface area contributed by atoms with Crippen molar-refractivity contribution in [3.8, 4) is 0 Å². The summed E-state index contributed by atoms with van der Waals surface area (Å²) < 4.78 is 0. The highest BCUT2D eigenvalue weighted by atomic mass is 16.4. The number of hydrogen-bond donors (Lipinski definition) is 2. The second-order valence-corrected chi connectivity index (χ2v) is 6.97. The number of carboxylic acids is 1. The molecular formula is C19H27NO3. The first-order chi connectivity index (χ1) is 10.9. The summed E-state index contributed by atoms with van der Waals surface area (Å²) in [7, 11) is 0. The molecule has 2 N–H and O–H groups in total. The Morgan fingerprint density at radius 3 is 2.26 bits per heavy atom. The minimum absolute atomic E-state index is 0.0630. The maximum Gasteiger partial charge on any atom is 0.325 e. The molecule has 0 amide bonds. The first-order valence-electron chi connectivity index (χ1n) is 8.52. The van der Waals surface area contributed by atoms with E-state index in [0.29, 0.717) is 17.2 Å². The van der Waals surface area contributed by atoms with Gasteiger partial charge in [0.2, 0.25) is 0 Å². The van der Waals surface area contributed by atoms with Gasteiger partial charge in [0.15, 0.2) is 5.78 Å². The molecule has 2 rings (SSSR count). The number of rotatable bonds is 6. The summed E-state index contributed by atoms with van der Waals surface area (Å²) in [6.45, 7) is 6.08. The van der Waals surface area contributed by atoms with Gasteiger partial charge < -0.3 is 10.4 Å². The Kier molecular flexibility index (Phi) is 5.80. The number of Topliss-reactive ketones (excluding diaryl/α,β-unsaturated/α-hetero) is 1. The van der Waals surface area contributed by atoms with Crippen molar-refractivity contribution in [1.29, 1.82) is 0 Å². The molecule has 1 aliphatic rings. The molecule has 4 heteroatoms. The highest BCUT2D eigenvalue weighted by molar-refractivity contribution is 6.03. The van der Waals surface area contributed by atoms with Gasteiger partial charge in [-0.1, -0.05) is 26.0 Å². The van der Waals surface area contributed by atoms with Crippen molar-refractivity contribution in [2.45, 2.75) is 52.5 Å². The van der Waals surface area contributed by atoms with Crippen LogP contribution >= 0.6 is 0 Å². The van der Waals surface area contributed by atoms with Gasteiger partial charge in [0.1, 0.15) is 6.04 Å². The first-order valence-corrected chi connectivity index (χ1v) is 8.52. The zero-order valence-electron chi connectivity index (χ0n) is 14.2. The molecule has 1 atom stereocenters. The van der Waals surface area contributed by atoms with Crippen molar-refractivity contribution in [2.75, 3.05) is 5.32 Å². The largest absolute Gasteiger partial charge is 0.480 e. The van der Waals surface area contributed by atoms with E-state index < -0.39 is 12.0 Å². The van der Waals surface area contributed by atoms with Gasteiger partial charge in [0.05, 0.1) is 0 Å².